The number of hydrogen-bond donors (Lipinski definition) is 0. The second-order valence-electron chi connectivity index (χ2n) is 4.14. The molecule has 1 aliphatic rings. The molecule has 0 heterocycles. The molecule has 4 nitrogen and oxygen atoms in total. The Balaban J connectivity index is 2.07. The SMILES string of the molecule is O=C(CCC(=O)OCC1CCCCC1)OF. The molecule has 0 saturated heterocycles. The summed E-state index contributed by atoms with van der Waals surface area (Å²) in [6.45, 7) is 0.420. The summed E-state index contributed by atoms with van der Waals surface area (Å²) < 4.78 is 16.3. The molecular formula is C11H17FO4. The van der Waals surface area contributed by atoms with E-state index in [0.717, 1.165) is 12.8 Å². The number of halogens is 1. The zero-order valence-corrected chi connectivity index (χ0v) is 9.25. The molecule has 1 fully saturated rings. The maximum Gasteiger partial charge on any atom is 0.349 e. The second kappa shape index (κ2) is 7.19. The second-order valence-corrected chi connectivity index (χ2v) is 4.14. The van der Waals surface area contributed by atoms with Gasteiger partial charge in [0.15, 0.2) is 0 Å². The van der Waals surface area contributed by atoms with E-state index in [9.17, 15) is 14.1 Å². The Morgan fingerprint density at radius 1 is 1.06 bits per heavy atom. The van der Waals surface area contributed by atoms with Gasteiger partial charge in [-0.3, -0.25) is 9.74 Å². The Hall–Kier alpha value is -1.13. The molecule has 0 N–H and O–H groups in total. The molecule has 1 rings (SSSR count). The molecule has 0 bridgehead atoms. The number of esters is 1. The van der Waals surface area contributed by atoms with Crippen LogP contribution < -0.4 is 0 Å². The lowest BCUT2D eigenvalue weighted by Crippen LogP contribution is -2.17. The minimum atomic E-state index is -1.03. The number of rotatable bonds is 5. The van der Waals surface area contributed by atoms with Gasteiger partial charge in [-0.15, -0.1) is 0 Å². The summed E-state index contributed by atoms with van der Waals surface area (Å²) in [5, 5.41) is 0. The highest BCUT2D eigenvalue weighted by atomic mass is 19.3. The van der Waals surface area contributed by atoms with Crippen LogP contribution in [0.2, 0.25) is 0 Å². The molecule has 0 aromatic carbocycles. The predicted molar refractivity (Wildman–Crippen MR) is 54.0 cm³/mol. The minimum Gasteiger partial charge on any atom is -0.465 e. The Morgan fingerprint density at radius 2 is 1.69 bits per heavy atom. The third kappa shape index (κ3) is 5.09. The van der Waals surface area contributed by atoms with Crippen LogP contribution in [0.25, 0.3) is 0 Å². The van der Waals surface area contributed by atoms with E-state index in [1.165, 1.54) is 19.3 Å². The van der Waals surface area contributed by atoms with Crippen LogP contribution in [0.5, 0.6) is 0 Å². The summed E-state index contributed by atoms with van der Waals surface area (Å²) in [6, 6.07) is 0. The normalized spacial score (nSPS) is 16.8. The molecule has 0 aromatic rings. The molecule has 0 amide bonds. The van der Waals surface area contributed by atoms with Crippen LogP contribution in [0.3, 0.4) is 0 Å². The quantitative estimate of drug-likeness (QED) is 0.682. The Bertz CT molecular complexity index is 236. The van der Waals surface area contributed by atoms with Crippen LogP contribution in [0.4, 0.5) is 4.53 Å². The first kappa shape index (κ1) is 12.9. The molecule has 5 heteroatoms. The maximum atomic E-state index is 11.3. The highest BCUT2D eigenvalue weighted by Gasteiger charge is 2.16. The fraction of sp³-hybridized carbons (Fsp3) is 0.818. The topological polar surface area (TPSA) is 52.6 Å². The summed E-state index contributed by atoms with van der Waals surface area (Å²) in [4.78, 5) is 24.5. The van der Waals surface area contributed by atoms with Gasteiger partial charge in [0, 0.05) is 4.53 Å². The highest BCUT2D eigenvalue weighted by Crippen LogP contribution is 2.23. The monoisotopic (exact) mass is 232 g/mol. The average molecular weight is 232 g/mol. The summed E-state index contributed by atoms with van der Waals surface area (Å²) in [6.07, 6.45) is 5.45. The molecule has 1 saturated carbocycles. The lowest BCUT2D eigenvalue weighted by atomic mass is 9.90. The Morgan fingerprint density at radius 3 is 2.31 bits per heavy atom. The zero-order chi connectivity index (χ0) is 11.8. The summed E-state index contributed by atoms with van der Waals surface area (Å²) in [7, 11) is 0. The van der Waals surface area contributed by atoms with Gasteiger partial charge < -0.3 is 4.74 Å². The average Bonchev–Trinajstić information content (AvgIpc) is 2.34. The molecule has 0 unspecified atom stereocenters. The van der Waals surface area contributed by atoms with Crippen molar-refractivity contribution in [3.8, 4) is 0 Å². The third-order valence-corrected chi connectivity index (χ3v) is 2.82. The molecule has 0 radical (unpaired) electrons. The van der Waals surface area contributed by atoms with E-state index in [1.54, 1.807) is 0 Å². The fourth-order valence-corrected chi connectivity index (χ4v) is 1.88. The van der Waals surface area contributed by atoms with Gasteiger partial charge in [-0.2, -0.15) is 0 Å². The van der Waals surface area contributed by atoms with Crippen LogP contribution in [0.15, 0.2) is 0 Å². The van der Waals surface area contributed by atoms with E-state index in [4.69, 9.17) is 4.74 Å². The van der Waals surface area contributed by atoms with Crippen LogP contribution >= 0.6 is 0 Å². The molecule has 92 valence electrons. The molecule has 0 spiro atoms. The molecule has 16 heavy (non-hydrogen) atoms. The number of carbonyl (C=O) groups is 2. The van der Waals surface area contributed by atoms with E-state index >= 15 is 0 Å². The van der Waals surface area contributed by atoms with Crippen molar-refractivity contribution in [2.45, 2.75) is 44.9 Å². The largest absolute Gasteiger partial charge is 0.465 e. The van der Waals surface area contributed by atoms with Crippen molar-refractivity contribution in [1.29, 1.82) is 0 Å². The van der Waals surface area contributed by atoms with Gasteiger partial charge in [-0.1, -0.05) is 19.3 Å². The van der Waals surface area contributed by atoms with Crippen molar-refractivity contribution in [1.82, 2.24) is 0 Å². The van der Waals surface area contributed by atoms with Gasteiger partial charge in [-0.25, -0.2) is 4.79 Å². The van der Waals surface area contributed by atoms with Crippen molar-refractivity contribution in [3.63, 3.8) is 0 Å². The first-order valence-electron chi connectivity index (χ1n) is 5.69. The number of hydrogen-bond acceptors (Lipinski definition) is 4. The van der Waals surface area contributed by atoms with Crippen molar-refractivity contribution in [2.75, 3.05) is 6.61 Å². The minimum absolute atomic E-state index is 0.116. The summed E-state index contributed by atoms with van der Waals surface area (Å²) >= 11 is 0. The van der Waals surface area contributed by atoms with Crippen LogP contribution in [0.1, 0.15) is 44.9 Å². The van der Waals surface area contributed by atoms with Gasteiger partial charge >= 0.3 is 11.9 Å². The van der Waals surface area contributed by atoms with Crippen LogP contribution in [-0.4, -0.2) is 18.5 Å². The van der Waals surface area contributed by atoms with Gasteiger partial charge in [0.2, 0.25) is 0 Å². The summed E-state index contributed by atoms with van der Waals surface area (Å²) in [5.41, 5.74) is 0. The Labute approximate surface area is 94.0 Å². The van der Waals surface area contributed by atoms with E-state index in [1.807, 2.05) is 0 Å². The van der Waals surface area contributed by atoms with Crippen LogP contribution in [-0.2, 0) is 19.3 Å². The molecular weight excluding hydrogens is 215 g/mol. The lowest BCUT2D eigenvalue weighted by Gasteiger charge is -2.20. The van der Waals surface area contributed by atoms with E-state index < -0.39 is 11.9 Å². The fourth-order valence-electron chi connectivity index (χ4n) is 1.88. The standard InChI is InChI=1S/C11H17FO4/c12-16-11(14)7-6-10(13)15-8-9-4-2-1-3-5-9/h9H,1-8H2. The maximum absolute atomic E-state index is 11.3. The van der Waals surface area contributed by atoms with E-state index in [2.05, 4.69) is 4.94 Å². The predicted octanol–water partition coefficient (Wildman–Crippen LogP) is 2.32. The van der Waals surface area contributed by atoms with Gasteiger partial charge in [-0.05, 0) is 18.8 Å². The van der Waals surface area contributed by atoms with Crippen LogP contribution in [0, 0.1) is 5.92 Å². The van der Waals surface area contributed by atoms with Crippen molar-refractivity contribution >= 4 is 11.9 Å². The smallest absolute Gasteiger partial charge is 0.349 e. The van der Waals surface area contributed by atoms with Crippen molar-refractivity contribution in [2.24, 2.45) is 5.92 Å². The first-order chi connectivity index (χ1) is 7.72. The van der Waals surface area contributed by atoms with Crippen molar-refractivity contribution in [3.05, 3.63) is 0 Å². The van der Waals surface area contributed by atoms with Crippen molar-refractivity contribution < 1.29 is 23.8 Å². The van der Waals surface area contributed by atoms with E-state index in [0.29, 0.717) is 12.5 Å². The lowest BCUT2D eigenvalue weighted by molar-refractivity contribution is -0.184. The molecule has 0 aromatic heterocycles. The molecule has 0 atom stereocenters. The number of carbonyl (C=O) groups excluding carboxylic acids is 2. The zero-order valence-electron chi connectivity index (χ0n) is 9.25. The molecule has 0 aliphatic heterocycles. The Kier molecular flexibility index (Phi) is 5.82. The molecule has 1 aliphatic carbocycles. The van der Waals surface area contributed by atoms with Gasteiger partial charge in [0.25, 0.3) is 0 Å². The van der Waals surface area contributed by atoms with Gasteiger partial charge in [0.05, 0.1) is 19.4 Å². The summed E-state index contributed by atoms with van der Waals surface area (Å²) in [5.74, 6) is -1.04. The first-order valence-corrected chi connectivity index (χ1v) is 5.69. The highest BCUT2D eigenvalue weighted by molar-refractivity contribution is 5.77. The van der Waals surface area contributed by atoms with E-state index in [-0.39, 0.29) is 12.8 Å². The van der Waals surface area contributed by atoms with Gasteiger partial charge in [0.1, 0.15) is 0 Å². The number of ether oxygens (including phenoxy) is 1. The third-order valence-electron chi connectivity index (χ3n) is 2.82.